The lowest BCUT2D eigenvalue weighted by molar-refractivity contribution is -0.141. The van der Waals surface area contributed by atoms with Gasteiger partial charge in [-0.3, -0.25) is 14.5 Å². The highest BCUT2D eigenvalue weighted by Crippen LogP contribution is 2.36. The molecule has 0 aromatic carbocycles. The van der Waals surface area contributed by atoms with E-state index in [1.54, 1.807) is 24.3 Å². The Morgan fingerprint density at radius 1 is 1.31 bits per heavy atom. The summed E-state index contributed by atoms with van der Waals surface area (Å²) in [5, 5.41) is 0. The molecule has 3 rings (SSSR count). The van der Waals surface area contributed by atoms with Gasteiger partial charge < -0.3 is 9.64 Å². The van der Waals surface area contributed by atoms with Crippen molar-refractivity contribution >= 4 is 11.8 Å². The average Bonchev–Trinajstić information content (AvgIpc) is 3.08. The van der Waals surface area contributed by atoms with Crippen LogP contribution in [0.2, 0.25) is 0 Å². The van der Waals surface area contributed by atoms with E-state index in [0.29, 0.717) is 11.3 Å². The molecule has 186 valence electrons. The van der Waals surface area contributed by atoms with Crippen molar-refractivity contribution in [3.8, 4) is 5.88 Å². The number of carbonyl (C=O) groups is 2. The Morgan fingerprint density at radius 3 is 2.60 bits per heavy atom. The van der Waals surface area contributed by atoms with E-state index in [9.17, 15) is 14.0 Å². The van der Waals surface area contributed by atoms with Gasteiger partial charge in [0.15, 0.2) is 6.61 Å². The number of hydrogen-bond donors (Lipinski definition) is 0. The Hall–Kier alpha value is -3.48. The van der Waals surface area contributed by atoms with Crippen LogP contribution < -0.4 is 4.74 Å². The van der Waals surface area contributed by atoms with Gasteiger partial charge in [0, 0.05) is 29.1 Å². The van der Waals surface area contributed by atoms with Gasteiger partial charge in [0.1, 0.15) is 11.9 Å². The third-order valence-electron chi connectivity index (χ3n) is 6.29. The zero-order chi connectivity index (χ0) is 25.5. The minimum Gasteiger partial charge on any atom is -0.468 e. The molecule has 2 heterocycles. The minimum atomic E-state index is -0.867. The molecule has 0 N–H and O–H groups in total. The Morgan fingerprint density at radius 2 is 2.03 bits per heavy atom. The van der Waals surface area contributed by atoms with Gasteiger partial charge in [-0.1, -0.05) is 50.1 Å². The maximum Gasteiger partial charge on any atom is 0.265 e. The van der Waals surface area contributed by atoms with Crippen LogP contribution in [0.3, 0.4) is 0 Å². The molecule has 1 aliphatic heterocycles. The number of aromatic nitrogens is 1. The lowest BCUT2D eigenvalue weighted by atomic mass is 9.94. The molecule has 0 bridgehead atoms. The first-order valence-corrected chi connectivity index (χ1v) is 12.0. The van der Waals surface area contributed by atoms with Gasteiger partial charge in [-0.2, -0.15) is 0 Å². The number of rotatable bonds is 9. The summed E-state index contributed by atoms with van der Waals surface area (Å²) in [5.41, 5.74) is 2.78. The first-order chi connectivity index (χ1) is 16.8. The van der Waals surface area contributed by atoms with Crippen LogP contribution in [0.4, 0.5) is 4.39 Å². The van der Waals surface area contributed by atoms with Crippen LogP contribution in [0, 0.1) is 5.82 Å². The molecule has 1 unspecified atom stereocenters. The molecular formula is C28H34FN3O3. The van der Waals surface area contributed by atoms with Crippen LogP contribution in [0.5, 0.6) is 5.88 Å². The van der Waals surface area contributed by atoms with E-state index >= 15 is 0 Å². The van der Waals surface area contributed by atoms with E-state index in [1.165, 1.54) is 23.5 Å². The molecule has 2 amide bonds. The normalized spacial score (nSPS) is 19.4. The molecule has 0 radical (unpaired) electrons. The number of hydrogen-bond acceptors (Lipinski definition) is 4. The van der Waals surface area contributed by atoms with Gasteiger partial charge in [0.25, 0.3) is 11.8 Å². The Labute approximate surface area is 207 Å². The SMILES string of the molecule is C=CC1=C(C)N(C2CCCCC2)C(=O)C1N(C(=O)COc1ccc(F)cn1)C(/C=C\C)=C/C(=C)C. The van der Waals surface area contributed by atoms with Crippen LogP contribution in [-0.2, 0) is 9.59 Å². The summed E-state index contributed by atoms with van der Waals surface area (Å²) >= 11 is 0. The zero-order valence-corrected chi connectivity index (χ0v) is 20.8. The topological polar surface area (TPSA) is 62.7 Å². The summed E-state index contributed by atoms with van der Waals surface area (Å²) in [7, 11) is 0. The molecule has 7 heteroatoms. The predicted octanol–water partition coefficient (Wildman–Crippen LogP) is 5.47. The molecule has 1 saturated carbocycles. The van der Waals surface area contributed by atoms with Crippen molar-refractivity contribution in [1.82, 2.24) is 14.8 Å². The summed E-state index contributed by atoms with van der Waals surface area (Å²) < 4.78 is 18.8. The van der Waals surface area contributed by atoms with Crippen molar-refractivity contribution < 1.29 is 18.7 Å². The highest BCUT2D eigenvalue weighted by Gasteiger charge is 2.45. The van der Waals surface area contributed by atoms with E-state index in [-0.39, 0.29) is 24.4 Å². The van der Waals surface area contributed by atoms with Gasteiger partial charge in [-0.25, -0.2) is 9.37 Å². The van der Waals surface area contributed by atoms with Crippen LogP contribution in [0.15, 0.2) is 78.3 Å². The molecule has 1 aliphatic carbocycles. The lowest BCUT2D eigenvalue weighted by Gasteiger charge is -2.34. The number of halogens is 1. The summed E-state index contributed by atoms with van der Waals surface area (Å²) in [6.07, 6.45) is 13.2. The summed E-state index contributed by atoms with van der Waals surface area (Å²) in [5.74, 6) is -0.957. The average molecular weight is 480 g/mol. The number of amides is 2. The van der Waals surface area contributed by atoms with Gasteiger partial charge in [-0.05, 0) is 51.8 Å². The van der Waals surface area contributed by atoms with Crippen molar-refractivity contribution in [2.45, 2.75) is 65.0 Å². The molecule has 35 heavy (non-hydrogen) atoms. The number of pyridine rings is 1. The van der Waals surface area contributed by atoms with Crippen molar-refractivity contribution in [2.24, 2.45) is 0 Å². The largest absolute Gasteiger partial charge is 0.468 e. The van der Waals surface area contributed by atoms with Crippen molar-refractivity contribution in [3.63, 3.8) is 0 Å². The van der Waals surface area contributed by atoms with Crippen LogP contribution in [0.25, 0.3) is 0 Å². The standard InChI is InChI=1S/C28H34FN3O3/c1-6-11-23(16-19(3)4)32(26(33)18-35-25-15-14-21(29)17-30-25)27-24(7-2)20(5)31(28(27)34)22-12-9-8-10-13-22/h6-7,11,14-17,22,27H,2-3,8-10,12-13,18H2,1,4-5H3/b11-6-,23-16+. The number of allylic oxidation sites excluding steroid dienone is 5. The molecule has 1 fully saturated rings. The molecule has 1 atom stereocenters. The second-order valence-corrected chi connectivity index (χ2v) is 8.93. The highest BCUT2D eigenvalue weighted by atomic mass is 19.1. The maximum absolute atomic E-state index is 13.9. The lowest BCUT2D eigenvalue weighted by Crippen LogP contribution is -2.49. The fourth-order valence-electron chi connectivity index (χ4n) is 4.78. The van der Waals surface area contributed by atoms with Crippen LogP contribution in [-0.4, -0.2) is 45.3 Å². The summed E-state index contributed by atoms with van der Waals surface area (Å²) in [6, 6.07) is 1.81. The maximum atomic E-state index is 13.9. The van der Waals surface area contributed by atoms with E-state index in [4.69, 9.17) is 4.74 Å². The molecule has 0 spiro atoms. The molecular weight excluding hydrogens is 445 g/mol. The fraction of sp³-hybridized carbons (Fsp3) is 0.393. The minimum absolute atomic E-state index is 0.114. The van der Waals surface area contributed by atoms with Crippen molar-refractivity contribution in [1.29, 1.82) is 0 Å². The summed E-state index contributed by atoms with van der Waals surface area (Å²) in [4.78, 5) is 34.7. The molecule has 1 aromatic rings. The van der Waals surface area contributed by atoms with Gasteiger partial charge >= 0.3 is 0 Å². The zero-order valence-electron chi connectivity index (χ0n) is 20.8. The van der Waals surface area contributed by atoms with Crippen molar-refractivity contribution in [2.75, 3.05) is 6.61 Å². The van der Waals surface area contributed by atoms with Gasteiger partial charge in [-0.15, -0.1) is 0 Å². The first kappa shape index (κ1) is 26.1. The quantitative estimate of drug-likeness (QED) is 0.441. The smallest absolute Gasteiger partial charge is 0.265 e. The number of carbonyl (C=O) groups excluding carboxylic acids is 2. The fourth-order valence-corrected chi connectivity index (χ4v) is 4.78. The van der Waals surface area contributed by atoms with Crippen LogP contribution >= 0.6 is 0 Å². The number of ether oxygens (including phenoxy) is 1. The highest BCUT2D eigenvalue weighted by molar-refractivity contribution is 5.96. The van der Waals surface area contributed by atoms with Gasteiger partial charge in [0.05, 0.1) is 6.20 Å². The predicted molar refractivity (Wildman–Crippen MR) is 135 cm³/mol. The Balaban J connectivity index is 2.00. The monoisotopic (exact) mass is 479 g/mol. The molecule has 1 aromatic heterocycles. The van der Waals surface area contributed by atoms with E-state index in [2.05, 4.69) is 18.1 Å². The number of nitrogens with zero attached hydrogens (tertiary/aromatic N) is 3. The van der Waals surface area contributed by atoms with E-state index in [0.717, 1.165) is 43.2 Å². The molecule has 2 aliphatic rings. The van der Waals surface area contributed by atoms with Crippen LogP contribution in [0.1, 0.15) is 52.9 Å². The Bertz CT molecular complexity index is 1070. The molecule has 6 nitrogen and oxygen atoms in total. The third-order valence-corrected chi connectivity index (χ3v) is 6.29. The molecule has 0 saturated heterocycles. The summed E-state index contributed by atoms with van der Waals surface area (Å²) in [6.45, 7) is 13.1. The second kappa shape index (κ2) is 11.8. The first-order valence-electron chi connectivity index (χ1n) is 12.0. The van der Waals surface area contributed by atoms with Gasteiger partial charge in [0.2, 0.25) is 5.88 Å². The van der Waals surface area contributed by atoms with Crippen molar-refractivity contribution in [3.05, 3.63) is 84.1 Å². The third kappa shape index (κ3) is 5.96. The van der Waals surface area contributed by atoms with E-state index in [1.807, 2.05) is 25.7 Å². The second-order valence-electron chi connectivity index (χ2n) is 8.93. The Kier molecular flexibility index (Phi) is 8.79. The van der Waals surface area contributed by atoms with E-state index < -0.39 is 17.8 Å².